The number of H-pyrrole nitrogens is 1. The molecule has 0 saturated heterocycles. The van der Waals surface area contributed by atoms with Crippen molar-refractivity contribution in [2.24, 2.45) is 0 Å². The van der Waals surface area contributed by atoms with Gasteiger partial charge in [-0.05, 0) is 57.6 Å². The molecule has 4 heteroatoms. The largest absolute Gasteiger partial charge is 0.490 e. The number of aromatic amines is 1. The molecule has 2 saturated carbocycles. The van der Waals surface area contributed by atoms with Crippen molar-refractivity contribution in [3.63, 3.8) is 0 Å². The lowest BCUT2D eigenvalue weighted by Crippen LogP contribution is -2.42. The van der Waals surface area contributed by atoms with Gasteiger partial charge >= 0.3 is 0 Å². The Hall–Kier alpha value is -1.55. The summed E-state index contributed by atoms with van der Waals surface area (Å²) >= 11 is 0. The van der Waals surface area contributed by atoms with Crippen LogP contribution in [0.2, 0.25) is 0 Å². The van der Waals surface area contributed by atoms with Gasteiger partial charge in [0.05, 0.1) is 11.7 Å². The minimum absolute atomic E-state index is 0.339. The number of aromatic nitrogens is 2. The second-order valence-corrected chi connectivity index (χ2v) is 7.27. The fraction of sp³-hybridized carbons (Fsp3) is 0.632. The van der Waals surface area contributed by atoms with Gasteiger partial charge in [-0.1, -0.05) is 12.8 Å². The molecule has 0 aliphatic heterocycles. The van der Waals surface area contributed by atoms with Crippen molar-refractivity contribution in [3.8, 4) is 5.75 Å². The van der Waals surface area contributed by atoms with E-state index in [2.05, 4.69) is 34.6 Å². The number of ether oxygens (including phenoxy) is 1. The first-order valence-corrected chi connectivity index (χ1v) is 9.15. The number of benzene rings is 1. The van der Waals surface area contributed by atoms with E-state index in [0.717, 1.165) is 23.7 Å². The lowest BCUT2D eigenvalue weighted by Gasteiger charge is -2.32. The van der Waals surface area contributed by atoms with Gasteiger partial charge in [-0.15, -0.1) is 0 Å². The molecule has 0 radical (unpaired) electrons. The molecule has 2 aliphatic carbocycles. The number of hydrogen-bond donors (Lipinski definition) is 2. The Morgan fingerprint density at radius 2 is 1.91 bits per heavy atom. The Morgan fingerprint density at radius 3 is 2.78 bits per heavy atom. The fourth-order valence-electron chi connectivity index (χ4n) is 4.28. The van der Waals surface area contributed by atoms with Crippen molar-refractivity contribution in [2.75, 3.05) is 0 Å². The van der Waals surface area contributed by atoms with Crippen LogP contribution in [0.5, 0.6) is 5.75 Å². The van der Waals surface area contributed by atoms with Crippen LogP contribution < -0.4 is 10.1 Å². The van der Waals surface area contributed by atoms with E-state index in [0.29, 0.717) is 12.1 Å². The summed E-state index contributed by atoms with van der Waals surface area (Å²) in [5.41, 5.74) is 2.28. The molecule has 1 aromatic heterocycles. The third-order valence-electron chi connectivity index (χ3n) is 5.59. The first-order chi connectivity index (χ1) is 11.3. The summed E-state index contributed by atoms with van der Waals surface area (Å²) in [7, 11) is 0. The first-order valence-electron chi connectivity index (χ1n) is 9.15. The number of nitrogens with one attached hydrogen (secondary N) is 2. The van der Waals surface area contributed by atoms with Crippen molar-refractivity contribution < 1.29 is 4.74 Å². The quantitative estimate of drug-likeness (QED) is 0.893. The van der Waals surface area contributed by atoms with E-state index < -0.39 is 0 Å². The molecule has 0 unspecified atom stereocenters. The second kappa shape index (κ2) is 6.52. The Bertz CT molecular complexity index is 660. The van der Waals surface area contributed by atoms with E-state index in [1.165, 1.54) is 55.9 Å². The molecule has 1 aromatic carbocycles. The maximum atomic E-state index is 6.38. The lowest BCUT2D eigenvalue weighted by atomic mass is 9.92. The summed E-state index contributed by atoms with van der Waals surface area (Å²) in [6.45, 7) is 2.13. The number of aryl methyl sites for hydroxylation is 1. The Balaban J connectivity index is 1.41. The molecule has 0 amide bonds. The summed E-state index contributed by atoms with van der Waals surface area (Å²) in [4.78, 5) is 0. The van der Waals surface area contributed by atoms with Crippen molar-refractivity contribution in [2.45, 2.75) is 76.5 Å². The smallest absolute Gasteiger partial charge is 0.123 e. The molecule has 2 aliphatic rings. The van der Waals surface area contributed by atoms with E-state index in [1.807, 2.05) is 6.20 Å². The van der Waals surface area contributed by atoms with E-state index in [4.69, 9.17) is 4.74 Å². The monoisotopic (exact) mass is 313 g/mol. The molecule has 4 nitrogen and oxygen atoms in total. The van der Waals surface area contributed by atoms with E-state index in [-0.39, 0.29) is 0 Å². The van der Waals surface area contributed by atoms with Gasteiger partial charge in [0.2, 0.25) is 0 Å². The molecule has 23 heavy (non-hydrogen) atoms. The minimum Gasteiger partial charge on any atom is -0.490 e. The topological polar surface area (TPSA) is 49.9 Å². The average molecular weight is 313 g/mol. The second-order valence-electron chi connectivity index (χ2n) is 7.27. The maximum absolute atomic E-state index is 6.38. The Labute approximate surface area is 138 Å². The van der Waals surface area contributed by atoms with Crippen molar-refractivity contribution in [1.82, 2.24) is 15.5 Å². The van der Waals surface area contributed by atoms with Gasteiger partial charge in [0.1, 0.15) is 11.9 Å². The van der Waals surface area contributed by atoms with Crippen LogP contribution in [0.4, 0.5) is 0 Å². The molecule has 2 N–H and O–H groups in total. The van der Waals surface area contributed by atoms with E-state index in [1.54, 1.807) is 0 Å². The predicted molar refractivity (Wildman–Crippen MR) is 92.9 cm³/mol. The van der Waals surface area contributed by atoms with Crippen molar-refractivity contribution in [1.29, 1.82) is 0 Å². The maximum Gasteiger partial charge on any atom is 0.123 e. The van der Waals surface area contributed by atoms with Crippen LogP contribution in [0, 0.1) is 6.92 Å². The van der Waals surface area contributed by atoms with Crippen LogP contribution in [-0.2, 0) is 0 Å². The van der Waals surface area contributed by atoms with Gasteiger partial charge in [0.15, 0.2) is 0 Å². The third kappa shape index (κ3) is 3.23. The summed E-state index contributed by atoms with van der Waals surface area (Å²) in [5.74, 6) is 1.02. The molecule has 1 heterocycles. The highest BCUT2D eigenvalue weighted by molar-refractivity contribution is 5.83. The standard InChI is InChI=1S/C19H27N3O/c1-13-17-12-20-22-18(17)9-10-19(13)23-16-8-4-7-15(11-16)21-14-5-2-3-6-14/h9-10,12,14-16,21H,2-8,11H2,1H3,(H,20,22)/t15-,16-/m1/s1. The molecule has 2 aromatic rings. The minimum atomic E-state index is 0.339. The van der Waals surface area contributed by atoms with Crippen molar-refractivity contribution in [3.05, 3.63) is 23.9 Å². The van der Waals surface area contributed by atoms with Gasteiger partial charge < -0.3 is 10.1 Å². The van der Waals surface area contributed by atoms with Gasteiger partial charge in [-0.3, -0.25) is 5.10 Å². The highest BCUT2D eigenvalue weighted by Gasteiger charge is 2.26. The predicted octanol–water partition coefficient (Wildman–Crippen LogP) is 4.09. The number of hydrogen-bond acceptors (Lipinski definition) is 3. The summed E-state index contributed by atoms with van der Waals surface area (Å²) in [5, 5.41) is 12.2. The molecule has 2 atom stereocenters. The highest BCUT2D eigenvalue weighted by atomic mass is 16.5. The average Bonchev–Trinajstić information content (AvgIpc) is 3.22. The van der Waals surface area contributed by atoms with Crippen LogP contribution in [0.25, 0.3) is 10.9 Å². The van der Waals surface area contributed by atoms with E-state index in [9.17, 15) is 0 Å². The molecule has 2 fully saturated rings. The fourth-order valence-corrected chi connectivity index (χ4v) is 4.28. The first kappa shape index (κ1) is 15.0. The SMILES string of the molecule is Cc1c(O[C@@H]2CCC[C@@H](NC3CCCC3)C2)ccc2[nH]ncc12. The van der Waals surface area contributed by atoms with Gasteiger partial charge in [-0.2, -0.15) is 5.10 Å². The lowest BCUT2D eigenvalue weighted by molar-refractivity contribution is 0.130. The molecular formula is C19H27N3O. The highest BCUT2D eigenvalue weighted by Crippen LogP contribution is 2.30. The zero-order chi connectivity index (χ0) is 15.6. The molecular weight excluding hydrogens is 286 g/mol. The zero-order valence-electron chi connectivity index (χ0n) is 14.0. The summed E-state index contributed by atoms with van der Waals surface area (Å²) in [6, 6.07) is 5.54. The number of fused-ring (bicyclic) bond motifs is 1. The van der Waals surface area contributed by atoms with Crippen LogP contribution in [0.1, 0.15) is 56.9 Å². The summed E-state index contributed by atoms with van der Waals surface area (Å²) in [6.07, 6.45) is 12.6. The summed E-state index contributed by atoms with van der Waals surface area (Å²) < 4.78 is 6.38. The Kier molecular flexibility index (Phi) is 4.25. The van der Waals surface area contributed by atoms with Gasteiger partial charge in [-0.25, -0.2) is 0 Å². The third-order valence-corrected chi connectivity index (χ3v) is 5.59. The molecule has 124 valence electrons. The van der Waals surface area contributed by atoms with Gasteiger partial charge in [0, 0.05) is 23.0 Å². The van der Waals surface area contributed by atoms with Crippen molar-refractivity contribution >= 4 is 10.9 Å². The van der Waals surface area contributed by atoms with Crippen LogP contribution in [-0.4, -0.2) is 28.4 Å². The van der Waals surface area contributed by atoms with Crippen LogP contribution in [0.15, 0.2) is 18.3 Å². The zero-order valence-corrected chi connectivity index (χ0v) is 14.0. The van der Waals surface area contributed by atoms with Crippen LogP contribution in [0.3, 0.4) is 0 Å². The normalized spacial score (nSPS) is 26.0. The number of nitrogens with zero attached hydrogens (tertiary/aromatic N) is 1. The molecule has 4 rings (SSSR count). The molecule has 0 bridgehead atoms. The van der Waals surface area contributed by atoms with E-state index >= 15 is 0 Å². The Morgan fingerprint density at radius 1 is 1.09 bits per heavy atom. The number of rotatable bonds is 4. The molecule has 0 spiro atoms. The van der Waals surface area contributed by atoms with Crippen LogP contribution >= 0.6 is 0 Å². The van der Waals surface area contributed by atoms with Gasteiger partial charge in [0.25, 0.3) is 0 Å².